The minimum atomic E-state index is -0.138. The summed E-state index contributed by atoms with van der Waals surface area (Å²) in [6, 6.07) is 8.72. The number of halogens is 1. The molecule has 30 heavy (non-hydrogen) atoms. The molecule has 0 saturated heterocycles. The standard InChI is InChI=1S/C23H37N5O.HI/c1-16(12-21-17(2)27-28(8)18(21)3)26-22(24-7)25-14-19-10-9-11-20(13-19)15-29-23(4,5)6;/h9-11,13,16H,12,14-15H2,1-8H3,(H2,24,25,26);1H. The number of ether oxygens (including phenoxy) is 1. The number of aromatic nitrogens is 2. The molecule has 0 fully saturated rings. The fraction of sp³-hybridized carbons (Fsp3) is 0.565. The highest BCUT2D eigenvalue weighted by Crippen LogP contribution is 2.15. The molecule has 0 amide bonds. The van der Waals surface area contributed by atoms with Crippen LogP contribution < -0.4 is 10.6 Å². The summed E-state index contributed by atoms with van der Waals surface area (Å²) in [6.45, 7) is 13.9. The highest BCUT2D eigenvalue weighted by atomic mass is 127. The van der Waals surface area contributed by atoms with Crippen molar-refractivity contribution in [1.82, 2.24) is 20.4 Å². The van der Waals surface area contributed by atoms with Crippen LogP contribution in [0.15, 0.2) is 29.3 Å². The SMILES string of the molecule is CN=C(NCc1cccc(COC(C)(C)C)c1)NC(C)Cc1c(C)nn(C)c1C.I. The maximum atomic E-state index is 5.88. The van der Waals surface area contributed by atoms with E-state index >= 15 is 0 Å². The number of benzene rings is 1. The molecule has 1 atom stereocenters. The Morgan fingerprint density at radius 1 is 1.23 bits per heavy atom. The Bertz CT molecular complexity index is 839. The number of aryl methyl sites for hydroxylation is 2. The Morgan fingerprint density at radius 2 is 1.90 bits per heavy atom. The van der Waals surface area contributed by atoms with Gasteiger partial charge in [-0.1, -0.05) is 24.3 Å². The Hall–Kier alpha value is -1.61. The molecule has 168 valence electrons. The molecule has 1 aromatic carbocycles. The number of hydrogen-bond donors (Lipinski definition) is 2. The second-order valence-corrected chi connectivity index (χ2v) is 8.67. The Kier molecular flexibility index (Phi) is 10.3. The molecule has 0 aliphatic rings. The molecule has 1 aromatic heterocycles. The van der Waals surface area contributed by atoms with Crippen molar-refractivity contribution < 1.29 is 4.74 Å². The predicted molar refractivity (Wildman–Crippen MR) is 136 cm³/mol. The maximum absolute atomic E-state index is 5.88. The zero-order valence-electron chi connectivity index (χ0n) is 19.7. The summed E-state index contributed by atoms with van der Waals surface area (Å²) < 4.78 is 7.83. The molecular formula is C23H38IN5O. The molecule has 7 heteroatoms. The van der Waals surface area contributed by atoms with Crippen molar-refractivity contribution in [3.8, 4) is 0 Å². The van der Waals surface area contributed by atoms with Gasteiger partial charge < -0.3 is 15.4 Å². The molecule has 0 aliphatic carbocycles. The van der Waals surface area contributed by atoms with Crippen molar-refractivity contribution in [2.24, 2.45) is 12.0 Å². The van der Waals surface area contributed by atoms with E-state index < -0.39 is 0 Å². The molecule has 2 N–H and O–H groups in total. The van der Waals surface area contributed by atoms with Crippen molar-refractivity contribution >= 4 is 29.9 Å². The lowest BCUT2D eigenvalue weighted by atomic mass is 10.1. The summed E-state index contributed by atoms with van der Waals surface area (Å²) in [5.41, 5.74) is 5.85. The first-order chi connectivity index (χ1) is 13.6. The molecule has 2 aromatic rings. The average molecular weight is 527 g/mol. The number of aliphatic imine (C=N–C) groups is 1. The van der Waals surface area contributed by atoms with E-state index in [1.165, 1.54) is 22.4 Å². The van der Waals surface area contributed by atoms with E-state index in [2.05, 4.69) is 86.5 Å². The number of nitrogens with one attached hydrogen (secondary N) is 2. The summed E-state index contributed by atoms with van der Waals surface area (Å²) in [5, 5.41) is 11.4. The zero-order chi connectivity index (χ0) is 21.6. The van der Waals surface area contributed by atoms with Gasteiger partial charge in [0.05, 0.1) is 17.9 Å². The Balaban J connectivity index is 0.00000450. The smallest absolute Gasteiger partial charge is 0.191 e. The molecule has 0 aliphatic heterocycles. The van der Waals surface area contributed by atoms with Gasteiger partial charge in [0.2, 0.25) is 0 Å². The second kappa shape index (κ2) is 11.7. The molecule has 0 saturated carbocycles. The first-order valence-electron chi connectivity index (χ1n) is 10.3. The average Bonchev–Trinajstić information content (AvgIpc) is 2.89. The third-order valence-corrected chi connectivity index (χ3v) is 4.90. The fourth-order valence-corrected chi connectivity index (χ4v) is 3.21. The first-order valence-corrected chi connectivity index (χ1v) is 10.3. The van der Waals surface area contributed by atoms with E-state index in [4.69, 9.17) is 4.74 Å². The summed E-state index contributed by atoms with van der Waals surface area (Å²) in [5.74, 6) is 0.799. The van der Waals surface area contributed by atoms with Crippen molar-refractivity contribution in [2.45, 2.75) is 72.8 Å². The summed E-state index contributed by atoms with van der Waals surface area (Å²) in [7, 11) is 3.79. The van der Waals surface area contributed by atoms with Gasteiger partial charge in [0.25, 0.3) is 0 Å². The van der Waals surface area contributed by atoms with Crippen LogP contribution in [0.1, 0.15) is 55.8 Å². The normalized spacial score (nSPS) is 13.0. The fourth-order valence-electron chi connectivity index (χ4n) is 3.21. The third kappa shape index (κ3) is 8.26. The Morgan fingerprint density at radius 3 is 2.47 bits per heavy atom. The maximum Gasteiger partial charge on any atom is 0.191 e. The quantitative estimate of drug-likeness (QED) is 0.321. The molecule has 1 unspecified atom stereocenters. The lowest BCUT2D eigenvalue weighted by Gasteiger charge is -2.20. The topological polar surface area (TPSA) is 63.5 Å². The van der Waals surface area contributed by atoms with E-state index in [-0.39, 0.29) is 35.6 Å². The van der Waals surface area contributed by atoms with Gasteiger partial charge in [-0.2, -0.15) is 5.10 Å². The van der Waals surface area contributed by atoms with Gasteiger partial charge in [-0.3, -0.25) is 9.67 Å². The van der Waals surface area contributed by atoms with Crippen LogP contribution in [0.5, 0.6) is 0 Å². The largest absolute Gasteiger partial charge is 0.371 e. The molecule has 0 bridgehead atoms. The van der Waals surface area contributed by atoms with Gasteiger partial charge >= 0.3 is 0 Å². The first kappa shape index (κ1) is 26.4. The molecule has 2 rings (SSSR count). The van der Waals surface area contributed by atoms with Crippen LogP contribution in [0.3, 0.4) is 0 Å². The third-order valence-electron chi connectivity index (χ3n) is 4.90. The van der Waals surface area contributed by atoms with Crippen LogP contribution in [-0.4, -0.2) is 34.4 Å². The molecular weight excluding hydrogens is 489 g/mol. The Labute approximate surface area is 198 Å². The number of guanidine groups is 1. The molecule has 0 radical (unpaired) electrons. The highest BCUT2D eigenvalue weighted by Gasteiger charge is 2.14. The van der Waals surface area contributed by atoms with E-state index in [0.29, 0.717) is 13.2 Å². The monoisotopic (exact) mass is 527 g/mol. The number of nitrogens with zero attached hydrogens (tertiary/aromatic N) is 3. The van der Waals surface area contributed by atoms with Crippen molar-refractivity contribution in [3.63, 3.8) is 0 Å². The van der Waals surface area contributed by atoms with E-state index in [0.717, 1.165) is 18.1 Å². The van der Waals surface area contributed by atoms with E-state index in [9.17, 15) is 0 Å². The molecule has 0 spiro atoms. The minimum absolute atomic E-state index is 0. The van der Waals surface area contributed by atoms with E-state index in [1.54, 1.807) is 7.05 Å². The van der Waals surface area contributed by atoms with Gasteiger partial charge in [0.1, 0.15) is 0 Å². The van der Waals surface area contributed by atoms with Gasteiger partial charge in [0.15, 0.2) is 5.96 Å². The lowest BCUT2D eigenvalue weighted by Crippen LogP contribution is -2.42. The molecule has 6 nitrogen and oxygen atoms in total. The summed E-state index contributed by atoms with van der Waals surface area (Å²) >= 11 is 0. The van der Waals surface area contributed by atoms with Crippen LogP contribution in [-0.2, 0) is 31.4 Å². The zero-order valence-corrected chi connectivity index (χ0v) is 22.0. The lowest BCUT2D eigenvalue weighted by molar-refractivity contribution is -0.0149. The van der Waals surface area contributed by atoms with Crippen molar-refractivity contribution in [2.75, 3.05) is 7.05 Å². The predicted octanol–water partition coefficient (Wildman–Crippen LogP) is 4.27. The van der Waals surface area contributed by atoms with Gasteiger partial charge in [-0.15, -0.1) is 24.0 Å². The summed E-state index contributed by atoms with van der Waals surface area (Å²) in [4.78, 5) is 4.37. The minimum Gasteiger partial charge on any atom is -0.371 e. The number of hydrogen-bond acceptors (Lipinski definition) is 3. The van der Waals surface area contributed by atoms with Crippen LogP contribution >= 0.6 is 24.0 Å². The van der Waals surface area contributed by atoms with Crippen molar-refractivity contribution in [3.05, 3.63) is 52.3 Å². The van der Waals surface area contributed by atoms with Gasteiger partial charge in [-0.25, -0.2) is 0 Å². The van der Waals surface area contributed by atoms with Gasteiger partial charge in [-0.05, 0) is 64.7 Å². The van der Waals surface area contributed by atoms with Crippen molar-refractivity contribution in [1.29, 1.82) is 0 Å². The van der Waals surface area contributed by atoms with Crippen LogP contribution in [0, 0.1) is 13.8 Å². The van der Waals surface area contributed by atoms with Gasteiger partial charge in [0, 0.05) is 32.4 Å². The summed E-state index contributed by atoms with van der Waals surface area (Å²) in [6.07, 6.45) is 0.909. The molecule has 1 heterocycles. The van der Waals surface area contributed by atoms with E-state index in [1.807, 2.05) is 11.7 Å². The van der Waals surface area contributed by atoms with Crippen LogP contribution in [0.4, 0.5) is 0 Å². The van der Waals surface area contributed by atoms with Crippen LogP contribution in [0.25, 0.3) is 0 Å². The number of rotatable bonds is 7. The highest BCUT2D eigenvalue weighted by molar-refractivity contribution is 14.0. The van der Waals surface area contributed by atoms with Crippen LogP contribution in [0.2, 0.25) is 0 Å². The second-order valence-electron chi connectivity index (χ2n) is 8.67.